The molecule has 1 aliphatic heterocycles. The Hall–Kier alpha value is -1.58. The topological polar surface area (TPSA) is 52.6 Å². The van der Waals surface area contributed by atoms with E-state index >= 15 is 0 Å². The number of fused-ring (bicyclic) bond motifs is 1. The fourth-order valence-electron chi connectivity index (χ4n) is 5.99. The lowest BCUT2D eigenvalue weighted by atomic mass is 9.47. The zero-order valence-corrected chi connectivity index (χ0v) is 16.6. The summed E-state index contributed by atoms with van der Waals surface area (Å²) in [5.41, 5.74) is 2.76. The Balaban J connectivity index is 1.75. The Labute approximate surface area is 157 Å². The van der Waals surface area contributed by atoms with Gasteiger partial charge in [0.1, 0.15) is 0 Å². The van der Waals surface area contributed by atoms with Crippen LogP contribution in [0.15, 0.2) is 23.8 Å². The van der Waals surface area contributed by atoms with Crippen molar-refractivity contribution in [2.75, 3.05) is 0 Å². The van der Waals surface area contributed by atoms with E-state index in [1.54, 1.807) is 0 Å². The fraction of sp³-hybridized carbons (Fsp3) is 0.727. The number of carbonyl (C=O) groups excluding carboxylic acids is 2. The van der Waals surface area contributed by atoms with E-state index in [1.165, 1.54) is 44.3 Å². The monoisotopic (exact) mass is 360 g/mol. The Morgan fingerprint density at radius 3 is 2.77 bits per heavy atom. The second-order valence-electron chi connectivity index (χ2n) is 9.29. The van der Waals surface area contributed by atoms with Gasteiger partial charge in [0.2, 0.25) is 0 Å². The second kappa shape index (κ2) is 6.86. The summed E-state index contributed by atoms with van der Waals surface area (Å²) in [4.78, 5) is 22.9. The first-order valence-electron chi connectivity index (χ1n) is 9.89. The van der Waals surface area contributed by atoms with E-state index in [-0.39, 0.29) is 5.41 Å². The van der Waals surface area contributed by atoms with Gasteiger partial charge >= 0.3 is 11.9 Å². The molecule has 0 N–H and O–H groups in total. The Kier molecular flexibility index (Phi) is 5.06. The molecule has 26 heavy (non-hydrogen) atoms. The normalized spacial score (nSPS) is 36.2. The van der Waals surface area contributed by atoms with Crippen molar-refractivity contribution in [1.82, 2.24) is 0 Å². The van der Waals surface area contributed by atoms with Crippen LogP contribution < -0.4 is 0 Å². The van der Waals surface area contributed by atoms with Crippen molar-refractivity contribution < 1.29 is 19.1 Å². The highest BCUT2D eigenvalue weighted by molar-refractivity contribution is 5.86. The van der Waals surface area contributed by atoms with Crippen molar-refractivity contribution in [3.05, 3.63) is 23.8 Å². The van der Waals surface area contributed by atoms with Crippen LogP contribution in [0.4, 0.5) is 0 Å². The summed E-state index contributed by atoms with van der Waals surface area (Å²) in [5, 5.41) is 0. The summed E-state index contributed by atoms with van der Waals surface area (Å²) in [5.74, 6) is 0.296. The molecule has 1 unspecified atom stereocenters. The molecule has 0 amide bonds. The zero-order valence-electron chi connectivity index (χ0n) is 16.6. The molecule has 0 bridgehead atoms. The van der Waals surface area contributed by atoms with Crippen molar-refractivity contribution in [3.63, 3.8) is 0 Å². The lowest BCUT2D eigenvalue weighted by Gasteiger charge is -2.58. The lowest BCUT2D eigenvalue weighted by molar-refractivity contribution is -0.172. The van der Waals surface area contributed by atoms with E-state index in [1.807, 2.05) is 0 Å². The van der Waals surface area contributed by atoms with Crippen LogP contribution in [0, 0.1) is 22.7 Å². The summed E-state index contributed by atoms with van der Waals surface area (Å²) in [7, 11) is 0. The number of hydrogen-bond acceptors (Lipinski definition) is 4. The molecule has 2 saturated carbocycles. The van der Waals surface area contributed by atoms with Crippen LogP contribution in [0.1, 0.15) is 72.6 Å². The quantitative estimate of drug-likeness (QED) is 0.526. The minimum Gasteiger partial charge on any atom is -0.421 e. The fourth-order valence-corrected chi connectivity index (χ4v) is 5.99. The maximum Gasteiger partial charge on any atom is 0.334 e. The van der Waals surface area contributed by atoms with E-state index in [9.17, 15) is 9.59 Å². The van der Waals surface area contributed by atoms with Crippen LogP contribution in [-0.4, -0.2) is 18.2 Å². The van der Waals surface area contributed by atoms with Crippen LogP contribution >= 0.6 is 0 Å². The molecule has 0 radical (unpaired) electrons. The number of rotatable bonds is 4. The van der Waals surface area contributed by atoms with Crippen molar-refractivity contribution >= 4 is 11.9 Å². The van der Waals surface area contributed by atoms with Crippen LogP contribution in [0.2, 0.25) is 0 Å². The van der Waals surface area contributed by atoms with Gasteiger partial charge in [-0.3, -0.25) is 4.79 Å². The predicted molar refractivity (Wildman–Crippen MR) is 100 cm³/mol. The average molecular weight is 360 g/mol. The SMILES string of the molecule is C=C1CC[C@H]2C(C)(C)CCC[C@]2(C)[C@H]1CCC1=CC(=O)OC1OC(C)=O. The Morgan fingerprint density at radius 2 is 2.08 bits per heavy atom. The molecule has 4 atom stereocenters. The van der Waals surface area contributed by atoms with Crippen LogP contribution in [0.5, 0.6) is 0 Å². The highest BCUT2D eigenvalue weighted by Gasteiger charge is 2.52. The molecule has 0 aromatic rings. The maximum atomic E-state index is 11.6. The molecule has 0 spiro atoms. The molecule has 0 aromatic heterocycles. The number of esters is 2. The van der Waals surface area contributed by atoms with Crippen molar-refractivity contribution in [2.24, 2.45) is 22.7 Å². The molecule has 2 aliphatic carbocycles. The molecular weight excluding hydrogens is 328 g/mol. The molecule has 3 rings (SSSR count). The number of ether oxygens (including phenoxy) is 2. The van der Waals surface area contributed by atoms with Gasteiger partial charge in [0.05, 0.1) is 0 Å². The van der Waals surface area contributed by atoms with Crippen molar-refractivity contribution in [1.29, 1.82) is 0 Å². The van der Waals surface area contributed by atoms with Gasteiger partial charge in [-0.2, -0.15) is 0 Å². The van der Waals surface area contributed by atoms with Crippen LogP contribution in [-0.2, 0) is 19.1 Å². The third-order valence-electron chi connectivity index (χ3n) is 7.14. The van der Waals surface area contributed by atoms with E-state index in [0.29, 0.717) is 23.7 Å². The summed E-state index contributed by atoms with van der Waals surface area (Å²) in [6.07, 6.45) is 8.42. The number of allylic oxidation sites excluding steroid dienone is 1. The molecule has 4 heteroatoms. The van der Waals surface area contributed by atoms with Gasteiger partial charge in [0.15, 0.2) is 0 Å². The molecule has 1 heterocycles. The van der Waals surface area contributed by atoms with Crippen molar-refractivity contribution in [3.8, 4) is 0 Å². The number of cyclic esters (lactones) is 1. The van der Waals surface area contributed by atoms with E-state index in [0.717, 1.165) is 18.4 Å². The van der Waals surface area contributed by atoms with E-state index in [2.05, 4.69) is 27.4 Å². The molecule has 144 valence electrons. The number of carbonyl (C=O) groups is 2. The molecule has 0 saturated heterocycles. The van der Waals surface area contributed by atoms with Gasteiger partial charge in [0.25, 0.3) is 6.29 Å². The summed E-state index contributed by atoms with van der Waals surface area (Å²) in [6.45, 7) is 13.0. The Morgan fingerprint density at radius 1 is 1.35 bits per heavy atom. The predicted octanol–water partition coefficient (Wildman–Crippen LogP) is 4.94. The lowest BCUT2D eigenvalue weighted by Crippen LogP contribution is -2.49. The minimum absolute atomic E-state index is 0.262. The average Bonchev–Trinajstić information content (AvgIpc) is 2.84. The minimum atomic E-state index is -0.844. The largest absolute Gasteiger partial charge is 0.421 e. The van der Waals surface area contributed by atoms with Gasteiger partial charge in [-0.1, -0.05) is 39.3 Å². The van der Waals surface area contributed by atoms with Crippen molar-refractivity contribution in [2.45, 2.75) is 78.9 Å². The van der Waals surface area contributed by atoms with Gasteiger partial charge in [-0.25, -0.2) is 4.79 Å². The third-order valence-corrected chi connectivity index (χ3v) is 7.14. The molecule has 3 aliphatic rings. The number of hydrogen-bond donors (Lipinski definition) is 0. The highest BCUT2D eigenvalue weighted by atomic mass is 16.7. The second-order valence-corrected chi connectivity index (χ2v) is 9.29. The van der Waals surface area contributed by atoms with Gasteiger partial charge in [-0.15, -0.1) is 0 Å². The van der Waals surface area contributed by atoms with Gasteiger partial charge in [-0.05, 0) is 61.2 Å². The highest BCUT2D eigenvalue weighted by Crippen LogP contribution is 2.61. The smallest absolute Gasteiger partial charge is 0.334 e. The van der Waals surface area contributed by atoms with Gasteiger partial charge < -0.3 is 9.47 Å². The first-order valence-corrected chi connectivity index (χ1v) is 9.89. The molecule has 2 fully saturated rings. The van der Waals surface area contributed by atoms with Gasteiger partial charge in [0, 0.05) is 18.6 Å². The summed E-state index contributed by atoms with van der Waals surface area (Å²) >= 11 is 0. The summed E-state index contributed by atoms with van der Waals surface area (Å²) in [6, 6.07) is 0. The Bertz CT molecular complexity index is 645. The molecular formula is C22H32O4. The van der Waals surface area contributed by atoms with E-state index in [4.69, 9.17) is 9.47 Å². The van der Waals surface area contributed by atoms with Crippen LogP contribution in [0.3, 0.4) is 0 Å². The molecule has 0 aromatic carbocycles. The third kappa shape index (κ3) is 3.47. The first-order chi connectivity index (χ1) is 12.1. The summed E-state index contributed by atoms with van der Waals surface area (Å²) < 4.78 is 10.3. The molecule has 4 nitrogen and oxygen atoms in total. The van der Waals surface area contributed by atoms with E-state index < -0.39 is 18.2 Å². The standard InChI is InChI=1S/C22H32O4/c1-14-7-10-18-21(3,4)11-6-12-22(18,5)17(14)9-8-16-13-19(24)26-20(16)25-15(2)23/h13,17-18,20H,1,6-12H2,2-5H3/t17-,18-,20?,22+/m0/s1. The first kappa shape index (κ1) is 19.2. The maximum absolute atomic E-state index is 11.6. The zero-order chi connectivity index (χ0) is 19.1. The van der Waals surface area contributed by atoms with Crippen LogP contribution in [0.25, 0.3) is 0 Å².